The van der Waals surface area contributed by atoms with Crippen molar-refractivity contribution in [1.82, 2.24) is 9.21 Å². The lowest BCUT2D eigenvalue weighted by Gasteiger charge is -2.35. The van der Waals surface area contributed by atoms with Crippen LogP contribution in [0.25, 0.3) is 0 Å². The maximum Gasteiger partial charge on any atom is 0.261 e. The third-order valence-corrected chi connectivity index (χ3v) is 12.9. The van der Waals surface area contributed by atoms with Crippen LogP contribution < -0.4 is 9.46 Å². The Morgan fingerprint density at radius 2 is 1.83 bits per heavy atom. The van der Waals surface area contributed by atoms with Gasteiger partial charge in [0.25, 0.3) is 26.0 Å². The largest absolute Gasteiger partial charge is 0.490 e. The minimum absolute atomic E-state index is 0.000335. The van der Waals surface area contributed by atoms with Crippen LogP contribution in [0.2, 0.25) is 5.02 Å². The standard InChI is InChI=1S/C32H42ClN3O8S3/c1-22-19-36(23(2)21-37)32(38)28-18-26(34-46(39,40)27-13-10-25(33)11-14-27)12-15-29(28)44-24(3)8-5-6-16-43-30(22)20-35(4)47(41,42)31-9-7-17-45-31/h7,9-15,17-18,22-24,30,34,37H,5-6,8,16,19-21H2,1-4H3/t22-,23-,24+,30-/m1/s1. The molecule has 2 heterocycles. The van der Waals surface area contributed by atoms with Gasteiger partial charge in [0.15, 0.2) is 0 Å². The van der Waals surface area contributed by atoms with Crippen molar-refractivity contribution in [2.75, 3.05) is 38.1 Å². The highest BCUT2D eigenvalue weighted by molar-refractivity contribution is 7.92. The summed E-state index contributed by atoms with van der Waals surface area (Å²) in [6.45, 7) is 5.70. The van der Waals surface area contributed by atoms with Crippen molar-refractivity contribution in [3.8, 4) is 5.75 Å². The summed E-state index contributed by atoms with van der Waals surface area (Å²) in [4.78, 5) is 15.8. The number of sulfonamides is 2. The molecule has 258 valence electrons. The molecule has 0 aliphatic carbocycles. The van der Waals surface area contributed by atoms with Gasteiger partial charge in [-0.1, -0.05) is 24.6 Å². The molecule has 1 amide bonds. The fraction of sp³-hybridized carbons (Fsp3) is 0.469. The topological polar surface area (TPSA) is 143 Å². The average Bonchev–Trinajstić information content (AvgIpc) is 3.59. The molecule has 11 nitrogen and oxygen atoms in total. The quantitative estimate of drug-likeness (QED) is 0.302. The molecule has 47 heavy (non-hydrogen) atoms. The van der Waals surface area contributed by atoms with E-state index in [1.54, 1.807) is 30.5 Å². The second kappa shape index (κ2) is 16.1. The van der Waals surface area contributed by atoms with Gasteiger partial charge in [-0.3, -0.25) is 9.52 Å². The van der Waals surface area contributed by atoms with E-state index in [0.29, 0.717) is 24.5 Å². The van der Waals surface area contributed by atoms with E-state index in [4.69, 9.17) is 21.1 Å². The van der Waals surface area contributed by atoms with Crippen molar-refractivity contribution in [2.45, 2.75) is 67.4 Å². The van der Waals surface area contributed by atoms with Gasteiger partial charge in [-0.15, -0.1) is 11.3 Å². The SMILES string of the molecule is C[C@@H]1CN([C@H](C)CO)C(=O)c2cc(NS(=O)(=O)c3ccc(Cl)cc3)ccc2O[C@@H](C)CCCCO[C@@H]1CN(C)S(=O)(=O)c1cccs1. The number of ether oxygens (including phenoxy) is 2. The number of hydrogen-bond donors (Lipinski definition) is 2. The van der Waals surface area contributed by atoms with Gasteiger partial charge >= 0.3 is 0 Å². The molecule has 0 fully saturated rings. The van der Waals surface area contributed by atoms with E-state index in [1.165, 1.54) is 52.7 Å². The van der Waals surface area contributed by atoms with Gasteiger partial charge in [0.1, 0.15) is 9.96 Å². The molecule has 0 saturated carbocycles. The van der Waals surface area contributed by atoms with Gasteiger partial charge < -0.3 is 19.5 Å². The van der Waals surface area contributed by atoms with E-state index in [0.717, 1.165) is 17.8 Å². The zero-order valence-electron chi connectivity index (χ0n) is 26.8. The van der Waals surface area contributed by atoms with E-state index in [9.17, 15) is 26.7 Å². The number of thiophene rings is 1. The minimum atomic E-state index is -4.01. The highest BCUT2D eigenvalue weighted by Crippen LogP contribution is 2.30. The van der Waals surface area contributed by atoms with Crippen molar-refractivity contribution in [1.29, 1.82) is 0 Å². The first-order chi connectivity index (χ1) is 22.2. The molecule has 1 aliphatic rings. The third kappa shape index (κ3) is 9.46. The van der Waals surface area contributed by atoms with Crippen LogP contribution in [-0.2, 0) is 24.8 Å². The molecule has 4 rings (SSSR count). The number of halogens is 1. The van der Waals surface area contributed by atoms with Crippen LogP contribution in [-0.4, -0.2) is 88.7 Å². The number of nitrogens with one attached hydrogen (secondary N) is 1. The van der Waals surface area contributed by atoms with Gasteiger partial charge in [0.05, 0.1) is 35.3 Å². The third-order valence-electron chi connectivity index (χ3n) is 8.02. The van der Waals surface area contributed by atoms with Gasteiger partial charge in [0.2, 0.25) is 0 Å². The first-order valence-electron chi connectivity index (χ1n) is 15.3. The lowest BCUT2D eigenvalue weighted by atomic mass is 10.0. The lowest BCUT2D eigenvalue weighted by molar-refractivity contribution is -0.00832. The van der Waals surface area contributed by atoms with Crippen molar-refractivity contribution in [2.24, 2.45) is 5.92 Å². The Balaban J connectivity index is 1.68. The number of nitrogens with zero attached hydrogens (tertiary/aromatic N) is 2. The van der Waals surface area contributed by atoms with E-state index < -0.39 is 38.1 Å². The lowest BCUT2D eigenvalue weighted by Crippen LogP contribution is -2.48. The predicted molar refractivity (Wildman–Crippen MR) is 183 cm³/mol. The van der Waals surface area contributed by atoms with Crippen LogP contribution in [0.4, 0.5) is 5.69 Å². The number of benzene rings is 2. The molecule has 0 saturated heterocycles. The molecule has 0 spiro atoms. The van der Waals surface area contributed by atoms with E-state index in [-0.39, 0.29) is 57.8 Å². The summed E-state index contributed by atoms with van der Waals surface area (Å²) in [5.74, 6) is -0.554. The van der Waals surface area contributed by atoms with Gasteiger partial charge in [-0.05, 0) is 87.0 Å². The molecule has 1 aromatic heterocycles. The number of likely N-dealkylation sites (N-methyl/N-ethyl adjacent to an activating group) is 1. The first-order valence-corrected chi connectivity index (χ1v) is 19.5. The maximum atomic E-state index is 14.3. The molecule has 3 aromatic rings. The zero-order chi connectivity index (χ0) is 34.4. The summed E-state index contributed by atoms with van der Waals surface area (Å²) in [5, 5.41) is 12.3. The first kappa shape index (κ1) is 37.1. The monoisotopic (exact) mass is 727 g/mol. The predicted octanol–water partition coefficient (Wildman–Crippen LogP) is 5.32. The van der Waals surface area contributed by atoms with Crippen molar-refractivity contribution in [3.05, 3.63) is 70.6 Å². The average molecular weight is 728 g/mol. The number of hydrogen-bond acceptors (Lipinski definition) is 9. The van der Waals surface area contributed by atoms with Crippen molar-refractivity contribution >= 4 is 54.6 Å². The second-order valence-corrected chi connectivity index (χ2v) is 17.1. The highest BCUT2D eigenvalue weighted by Gasteiger charge is 2.33. The van der Waals surface area contributed by atoms with Crippen LogP contribution in [0.5, 0.6) is 5.75 Å². The fourth-order valence-corrected chi connectivity index (χ4v) is 8.75. The molecule has 0 bridgehead atoms. The molecule has 4 atom stereocenters. The molecule has 2 aromatic carbocycles. The summed E-state index contributed by atoms with van der Waals surface area (Å²) in [7, 11) is -6.24. The zero-order valence-corrected chi connectivity index (χ0v) is 30.0. The number of carbonyl (C=O) groups is 1. The summed E-state index contributed by atoms with van der Waals surface area (Å²) < 4.78 is 69.3. The van der Waals surface area contributed by atoms with E-state index in [2.05, 4.69) is 4.72 Å². The van der Waals surface area contributed by atoms with Crippen LogP contribution in [0.3, 0.4) is 0 Å². The number of fused-ring (bicyclic) bond motifs is 1. The summed E-state index contributed by atoms with van der Waals surface area (Å²) in [6.07, 6.45) is 1.30. The Hall–Kier alpha value is -2.72. The minimum Gasteiger partial charge on any atom is -0.490 e. The van der Waals surface area contributed by atoms with Crippen LogP contribution >= 0.6 is 22.9 Å². The maximum absolute atomic E-state index is 14.3. The van der Waals surface area contributed by atoms with Gasteiger partial charge in [0, 0.05) is 43.4 Å². The number of amides is 1. The molecular weight excluding hydrogens is 686 g/mol. The summed E-state index contributed by atoms with van der Waals surface area (Å²) >= 11 is 7.07. The molecule has 0 radical (unpaired) electrons. The van der Waals surface area contributed by atoms with Crippen LogP contribution in [0.1, 0.15) is 50.4 Å². The fourth-order valence-electron chi connectivity index (χ4n) is 5.19. The number of aliphatic hydroxyl groups is 1. The molecule has 0 unspecified atom stereocenters. The Morgan fingerprint density at radius 3 is 2.49 bits per heavy atom. The van der Waals surface area contributed by atoms with Crippen LogP contribution in [0.15, 0.2) is 69.1 Å². The Labute approximate surface area is 286 Å². The molecule has 2 N–H and O–H groups in total. The second-order valence-electron chi connectivity index (χ2n) is 11.8. The summed E-state index contributed by atoms with van der Waals surface area (Å²) in [6, 6.07) is 12.8. The number of aliphatic hydroxyl groups excluding tert-OH is 1. The smallest absolute Gasteiger partial charge is 0.261 e. The normalized spacial score (nSPS) is 21.0. The van der Waals surface area contributed by atoms with Gasteiger partial charge in [-0.2, -0.15) is 4.31 Å². The Bertz CT molecular complexity index is 1700. The molecular formula is C32H42ClN3O8S3. The highest BCUT2D eigenvalue weighted by atomic mass is 35.5. The Morgan fingerprint density at radius 1 is 1.11 bits per heavy atom. The number of rotatable bonds is 9. The Kier molecular flexibility index (Phi) is 12.7. The molecule has 1 aliphatic heterocycles. The molecule has 15 heteroatoms. The van der Waals surface area contributed by atoms with E-state index >= 15 is 0 Å². The van der Waals surface area contributed by atoms with Crippen molar-refractivity contribution in [3.63, 3.8) is 0 Å². The number of anilines is 1. The summed E-state index contributed by atoms with van der Waals surface area (Å²) in [5.41, 5.74) is 0.267. The number of carbonyl (C=O) groups excluding carboxylic acids is 1. The van der Waals surface area contributed by atoms with Crippen molar-refractivity contribution < 1.29 is 36.2 Å². The van der Waals surface area contributed by atoms with Gasteiger partial charge in [-0.25, -0.2) is 16.8 Å². The van der Waals surface area contributed by atoms with E-state index in [1.807, 2.05) is 13.8 Å². The van der Waals surface area contributed by atoms with Crippen LogP contribution in [0, 0.1) is 5.92 Å².